The van der Waals surface area contributed by atoms with E-state index >= 15 is 0 Å². The SMILES string of the molecule is Nc1cc(-c2cc([N+](=O)[O-])c(N)nc2Cl)ccn1. The van der Waals surface area contributed by atoms with Gasteiger partial charge in [0.1, 0.15) is 11.0 Å². The number of rotatable bonds is 2. The summed E-state index contributed by atoms with van der Waals surface area (Å²) in [6.45, 7) is 0. The molecular formula is C10H8ClN5O2. The van der Waals surface area contributed by atoms with Gasteiger partial charge in [0.05, 0.1) is 4.92 Å². The van der Waals surface area contributed by atoms with E-state index in [0.717, 1.165) is 0 Å². The minimum absolute atomic E-state index is 0.0729. The fourth-order valence-electron chi connectivity index (χ4n) is 1.46. The molecular weight excluding hydrogens is 258 g/mol. The fourth-order valence-corrected chi connectivity index (χ4v) is 1.71. The van der Waals surface area contributed by atoms with Crippen molar-refractivity contribution in [1.82, 2.24) is 9.97 Å². The van der Waals surface area contributed by atoms with E-state index in [-0.39, 0.29) is 22.5 Å². The third-order valence-corrected chi connectivity index (χ3v) is 2.56. The molecule has 18 heavy (non-hydrogen) atoms. The molecule has 0 spiro atoms. The molecule has 4 N–H and O–H groups in total. The second-order valence-corrected chi connectivity index (χ2v) is 3.82. The Kier molecular flexibility index (Phi) is 2.99. The van der Waals surface area contributed by atoms with Crippen LogP contribution in [0.25, 0.3) is 11.1 Å². The van der Waals surface area contributed by atoms with Crippen LogP contribution in [0.2, 0.25) is 5.15 Å². The molecule has 0 fully saturated rings. The van der Waals surface area contributed by atoms with E-state index in [2.05, 4.69) is 9.97 Å². The van der Waals surface area contributed by atoms with Crippen LogP contribution >= 0.6 is 11.6 Å². The van der Waals surface area contributed by atoms with Crippen molar-refractivity contribution in [3.63, 3.8) is 0 Å². The number of pyridine rings is 2. The van der Waals surface area contributed by atoms with E-state index in [1.54, 1.807) is 12.1 Å². The topological polar surface area (TPSA) is 121 Å². The predicted octanol–water partition coefficient (Wildman–Crippen LogP) is 1.87. The van der Waals surface area contributed by atoms with Gasteiger partial charge >= 0.3 is 5.69 Å². The Labute approximate surface area is 107 Å². The summed E-state index contributed by atoms with van der Waals surface area (Å²) in [7, 11) is 0. The Morgan fingerprint density at radius 3 is 2.67 bits per heavy atom. The summed E-state index contributed by atoms with van der Waals surface area (Å²) < 4.78 is 0. The monoisotopic (exact) mass is 265 g/mol. The van der Waals surface area contributed by atoms with E-state index < -0.39 is 4.92 Å². The number of halogens is 1. The largest absolute Gasteiger partial charge is 0.384 e. The average Bonchev–Trinajstić information content (AvgIpc) is 2.28. The first-order valence-corrected chi connectivity index (χ1v) is 5.19. The molecule has 92 valence electrons. The zero-order chi connectivity index (χ0) is 13.3. The van der Waals surface area contributed by atoms with Crippen molar-refractivity contribution in [2.24, 2.45) is 0 Å². The van der Waals surface area contributed by atoms with Crippen molar-refractivity contribution in [3.05, 3.63) is 39.7 Å². The molecule has 2 rings (SSSR count). The first kappa shape index (κ1) is 12.1. The summed E-state index contributed by atoms with van der Waals surface area (Å²) in [5.74, 6) is 0.0545. The molecule has 0 saturated heterocycles. The van der Waals surface area contributed by atoms with Gasteiger partial charge in [-0.2, -0.15) is 0 Å². The number of anilines is 2. The highest BCUT2D eigenvalue weighted by Gasteiger charge is 2.18. The van der Waals surface area contributed by atoms with Crippen LogP contribution in [0, 0.1) is 10.1 Å². The summed E-state index contributed by atoms with van der Waals surface area (Å²) in [4.78, 5) is 17.7. The summed E-state index contributed by atoms with van der Waals surface area (Å²) in [6.07, 6.45) is 1.48. The molecule has 0 aliphatic carbocycles. The first-order chi connectivity index (χ1) is 8.49. The lowest BCUT2D eigenvalue weighted by Gasteiger charge is -2.05. The number of aromatic nitrogens is 2. The van der Waals surface area contributed by atoms with Gasteiger partial charge in [0.25, 0.3) is 0 Å². The maximum Gasteiger partial charge on any atom is 0.311 e. The Morgan fingerprint density at radius 2 is 2.06 bits per heavy atom. The zero-order valence-corrected chi connectivity index (χ0v) is 9.76. The van der Waals surface area contributed by atoms with Crippen LogP contribution < -0.4 is 11.5 Å². The van der Waals surface area contributed by atoms with Crippen LogP contribution in [0.3, 0.4) is 0 Å². The lowest BCUT2D eigenvalue weighted by Crippen LogP contribution is -2.00. The smallest absolute Gasteiger partial charge is 0.311 e. The third-order valence-electron chi connectivity index (χ3n) is 2.27. The van der Waals surface area contributed by atoms with Crippen molar-refractivity contribution in [2.75, 3.05) is 11.5 Å². The molecule has 0 saturated carbocycles. The molecule has 0 atom stereocenters. The molecule has 2 aromatic rings. The van der Waals surface area contributed by atoms with Crippen molar-refractivity contribution >= 4 is 28.9 Å². The summed E-state index contributed by atoms with van der Waals surface area (Å²) in [5.41, 5.74) is 11.6. The van der Waals surface area contributed by atoms with Crippen molar-refractivity contribution < 1.29 is 4.92 Å². The summed E-state index contributed by atoms with van der Waals surface area (Å²) in [5, 5.41) is 10.9. The van der Waals surface area contributed by atoms with Crippen molar-refractivity contribution in [2.45, 2.75) is 0 Å². The maximum absolute atomic E-state index is 10.8. The molecule has 2 aromatic heterocycles. The Morgan fingerprint density at radius 1 is 1.33 bits per heavy atom. The molecule has 0 bridgehead atoms. The van der Waals surface area contributed by atoms with Gasteiger partial charge in [-0.05, 0) is 17.7 Å². The second-order valence-electron chi connectivity index (χ2n) is 3.46. The van der Waals surface area contributed by atoms with Gasteiger partial charge in [-0.15, -0.1) is 0 Å². The van der Waals surface area contributed by atoms with Gasteiger partial charge in [-0.25, -0.2) is 9.97 Å². The molecule has 0 unspecified atom stereocenters. The Balaban J connectivity index is 2.64. The number of nitro groups is 1. The van der Waals surface area contributed by atoms with Gasteiger partial charge in [-0.1, -0.05) is 11.6 Å². The van der Waals surface area contributed by atoms with Gasteiger partial charge in [-0.3, -0.25) is 10.1 Å². The lowest BCUT2D eigenvalue weighted by molar-refractivity contribution is -0.384. The van der Waals surface area contributed by atoms with Gasteiger partial charge in [0, 0.05) is 17.8 Å². The van der Waals surface area contributed by atoms with E-state index in [1.807, 2.05) is 0 Å². The Hall–Kier alpha value is -2.41. The van der Waals surface area contributed by atoms with Crippen LogP contribution in [0.1, 0.15) is 0 Å². The first-order valence-electron chi connectivity index (χ1n) is 4.81. The average molecular weight is 266 g/mol. The van der Waals surface area contributed by atoms with Crippen LogP contribution in [0.5, 0.6) is 0 Å². The van der Waals surface area contributed by atoms with E-state index in [9.17, 15) is 10.1 Å². The number of nitrogens with zero attached hydrogens (tertiary/aromatic N) is 3. The number of hydrogen-bond acceptors (Lipinski definition) is 6. The van der Waals surface area contributed by atoms with Gasteiger partial charge in [0.15, 0.2) is 0 Å². The summed E-state index contributed by atoms with van der Waals surface area (Å²) in [6, 6.07) is 4.43. The minimum Gasteiger partial charge on any atom is -0.384 e. The highest BCUT2D eigenvalue weighted by molar-refractivity contribution is 6.32. The van der Waals surface area contributed by atoms with Gasteiger partial charge < -0.3 is 11.5 Å². The molecule has 8 heteroatoms. The minimum atomic E-state index is -0.618. The number of nitrogen functional groups attached to an aromatic ring is 2. The maximum atomic E-state index is 10.8. The van der Waals surface area contributed by atoms with Crippen LogP contribution in [0.4, 0.5) is 17.3 Å². The normalized spacial score (nSPS) is 10.3. The molecule has 0 aromatic carbocycles. The quantitative estimate of drug-likeness (QED) is 0.486. The van der Waals surface area contributed by atoms with Crippen LogP contribution in [-0.4, -0.2) is 14.9 Å². The van der Waals surface area contributed by atoms with E-state index in [0.29, 0.717) is 11.1 Å². The lowest BCUT2D eigenvalue weighted by atomic mass is 10.1. The molecule has 0 amide bonds. The van der Waals surface area contributed by atoms with Crippen LogP contribution in [0.15, 0.2) is 24.4 Å². The zero-order valence-electron chi connectivity index (χ0n) is 9.00. The number of nitrogens with two attached hydrogens (primary N) is 2. The molecule has 2 heterocycles. The molecule has 7 nitrogen and oxygen atoms in total. The Bertz CT molecular complexity index is 632. The van der Waals surface area contributed by atoms with Crippen molar-refractivity contribution in [1.29, 1.82) is 0 Å². The highest BCUT2D eigenvalue weighted by Crippen LogP contribution is 2.33. The number of hydrogen-bond donors (Lipinski definition) is 2. The fraction of sp³-hybridized carbons (Fsp3) is 0. The second kappa shape index (κ2) is 4.46. The molecule has 0 radical (unpaired) electrons. The van der Waals surface area contributed by atoms with E-state index in [1.165, 1.54) is 12.3 Å². The van der Waals surface area contributed by atoms with Gasteiger partial charge in [0.2, 0.25) is 5.82 Å². The third kappa shape index (κ3) is 2.16. The molecule has 0 aliphatic rings. The highest BCUT2D eigenvalue weighted by atomic mass is 35.5. The van der Waals surface area contributed by atoms with Crippen LogP contribution in [-0.2, 0) is 0 Å². The molecule has 0 aliphatic heterocycles. The predicted molar refractivity (Wildman–Crippen MR) is 68.0 cm³/mol. The summed E-state index contributed by atoms with van der Waals surface area (Å²) >= 11 is 5.92. The van der Waals surface area contributed by atoms with E-state index in [4.69, 9.17) is 23.1 Å². The van der Waals surface area contributed by atoms with Crippen molar-refractivity contribution in [3.8, 4) is 11.1 Å². The standard InChI is InChI=1S/C10H8ClN5O2/c11-9-6(5-1-2-14-8(12)3-5)4-7(16(17)18)10(13)15-9/h1-4H,(H2,12,14)(H2,13,15).